The minimum Gasteiger partial charge on any atom is -0.452 e. The highest BCUT2D eigenvalue weighted by Crippen LogP contribution is 2.30. The number of ether oxygens (including phenoxy) is 1. The van der Waals surface area contributed by atoms with E-state index in [1.165, 1.54) is 6.20 Å². The first-order valence-corrected chi connectivity index (χ1v) is 8.04. The summed E-state index contributed by atoms with van der Waals surface area (Å²) < 4.78 is 6.82. The Kier molecular flexibility index (Phi) is 4.38. The summed E-state index contributed by atoms with van der Waals surface area (Å²) in [6.07, 6.45) is 3.31. The van der Waals surface area contributed by atoms with Gasteiger partial charge in [-0.3, -0.25) is 9.48 Å². The molecule has 0 N–H and O–H groups in total. The Morgan fingerprint density at radius 1 is 1.33 bits per heavy atom. The van der Waals surface area contributed by atoms with Gasteiger partial charge >= 0.3 is 5.97 Å². The number of benzene rings is 1. The molecule has 1 aliphatic rings. The van der Waals surface area contributed by atoms with Crippen molar-refractivity contribution in [1.82, 2.24) is 9.78 Å². The van der Waals surface area contributed by atoms with Crippen LogP contribution in [0, 0.1) is 6.92 Å². The monoisotopic (exact) mass is 327 g/mol. The SMILES string of the molecule is Cc1c(C(=O)OCC(=O)N2c3ccccc3CCC2C)cnn1C. The summed E-state index contributed by atoms with van der Waals surface area (Å²) in [5.41, 5.74) is 3.16. The van der Waals surface area contributed by atoms with Gasteiger partial charge < -0.3 is 9.64 Å². The number of carbonyl (C=O) groups excluding carboxylic acids is 2. The first-order valence-electron chi connectivity index (χ1n) is 8.04. The Morgan fingerprint density at radius 3 is 2.79 bits per heavy atom. The predicted octanol–water partition coefficient (Wildman–Crippen LogP) is 2.25. The van der Waals surface area contributed by atoms with Crippen LogP contribution in [0.3, 0.4) is 0 Å². The van der Waals surface area contributed by atoms with E-state index in [4.69, 9.17) is 4.74 Å². The van der Waals surface area contributed by atoms with Crippen LogP contribution in [0.2, 0.25) is 0 Å². The van der Waals surface area contributed by atoms with E-state index in [2.05, 4.69) is 5.10 Å². The van der Waals surface area contributed by atoms with Crippen molar-refractivity contribution in [1.29, 1.82) is 0 Å². The first kappa shape index (κ1) is 16.2. The molecule has 0 saturated carbocycles. The Balaban J connectivity index is 1.71. The van der Waals surface area contributed by atoms with Crippen molar-refractivity contribution in [2.75, 3.05) is 11.5 Å². The van der Waals surface area contributed by atoms with E-state index in [0.717, 1.165) is 24.1 Å². The minimum absolute atomic E-state index is 0.0891. The first-order chi connectivity index (χ1) is 11.5. The zero-order chi connectivity index (χ0) is 17.3. The number of anilines is 1. The Hall–Kier alpha value is -2.63. The number of esters is 1. The highest BCUT2D eigenvalue weighted by molar-refractivity contribution is 5.98. The molecule has 0 bridgehead atoms. The fourth-order valence-corrected chi connectivity index (χ4v) is 3.04. The van der Waals surface area contributed by atoms with Crippen molar-refractivity contribution in [3.05, 3.63) is 47.3 Å². The van der Waals surface area contributed by atoms with Gasteiger partial charge in [-0.2, -0.15) is 5.10 Å². The lowest BCUT2D eigenvalue weighted by atomic mass is 9.96. The second-order valence-electron chi connectivity index (χ2n) is 6.12. The van der Waals surface area contributed by atoms with Gasteiger partial charge in [-0.15, -0.1) is 0 Å². The van der Waals surface area contributed by atoms with Crippen molar-refractivity contribution < 1.29 is 14.3 Å². The summed E-state index contributed by atoms with van der Waals surface area (Å²) in [5, 5.41) is 4.02. The molecule has 6 nitrogen and oxygen atoms in total. The summed E-state index contributed by atoms with van der Waals surface area (Å²) in [7, 11) is 1.75. The van der Waals surface area contributed by atoms with Crippen molar-refractivity contribution in [3.8, 4) is 0 Å². The number of aryl methyl sites for hydroxylation is 2. The number of hydrogen-bond donors (Lipinski definition) is 0. The van der Waals surface area contributed by atoms with Gasteiger partial charge in [0.2, 0.25) is 0 Å². The number of carbonyl (C=O) groups is 2. The molecule has 1 atom stereocenters. The number of para-hydroxylation sites is 1. The van der Waals surface area contributed by atoms with E-state index < -0.39 is 5.97 Å². The summed E-state index contributed by atoms with van der Waals surface area (Å²) in [6.45, 7) is 3.53. The van der Waals surface area contributed by atoms with E-state index in [9.17, 15) is 9.59 Å². The average molecular weight is 327 g/mol. The Morgan fingerprint density at radius 2 is 2.08 bits per heavy atom. The van der Waals surface area contributed by atoms with Gasteiger partial charge in [0.05, 0.1) is 6.20 Å². The van der Waals surface area contributed by atoms with Crippen molar-refractivity contribution >= 4 is 17.6 Å². The second-order valence-corrected chi connectivity index (χ2v) is 6.12. The smallest absolute Gasteiger partial charge is 0.342 e. The molecular weight excluding hydrogens is 306 g/mol. The molecule has 0 fully saturated rings. The van der Waals surface area contributed by atoms with Crippen LogP contribution in [-0.2, 0) is 23.0 Å². The van der Waals surface area contributed by atoms with E-state index in [1.54, 1.807) is 23.6 Å². The van der Waals surface area contributed by atoms with E-state index >= 15 is 0 Å². The lowest BCUT2D eigenvalue weighted by Crippen LogP contribution is -2.44. The van der Waals surface area contributed by atoms with Crippen molar-refractivity contribution in [3.63, 3.8) is 0 Å². The number of hydrogen-bond acceptors (Lipinski definition) is 4. The van der Waals surface area contributed by atoms with E-state index in [-0.39, 0.29) is 18.6 Å². The zero-order valence-electron chi connectivity index (χ0n) is 14.2. The predicted molar refractivity (Wildman–Crippen MR) is 89.9 cm³/mol. The largest absolute Gasteiger partial charge is 0.452 e. The van der Waals surface area contributed by atoms with Crippen LogP contribution in [-0.4, -0.2) is 34.3 Å². The quantitative estimate of drug-likeness (QED) is 0.811. The molecule has 1 amide bonds. The number of fused-ring (bicyclic) bond motifs is 1. The molecular formula is C18H21N3O3. The second kappa shape index (κ2) is 6.47. The molecule has 0 aliphatic carbocycles. The highest BCUT2D eigenvalue weighted by Gasteiger charge is 2.28. The van der Waals surface area contributed by atoms with Crippen LogP contribution in [0.15, 0.2) is 30.5 Å². The summed E-state index contributed by atoms with van der Waals surface area (Å²) in [6, 6.07) is 7.96. The van der Waals surface area contributed by atoms with Gasteiger partial charge in [0.1, 0.15) is 5.56 Å². The van der Waals surface area contributed by atoms with Crippen LogP contribution >= 0.6 is 0 Å². The minimum atomic E-state index is -0.521. The van der Waals surface area contributed by atoms with Gasteiger partial charge in [0.15, 0.2) is 6.61 Å². The summed E-state index contributed by atoms with van der Waals surface area (Å²) in [4.78, 5) is 26.5. The van der Waals surface area contributed by atoms with Crippen LogP contribution in [0.1, 0.15) is 35.0 Å². The molecule has 24 heavy (non-hydrogen) atoms. The maximum Gasteiger partial charge on any atom is 0.342 e. The molecule has 0 radical (unpaired) electrons. The lowest BCUT2D eigenvalue weighted by molar-refractivity contribution is -0.122. The standard InChI is InChI=1S/C18H21N3O3/c1-12-8-9-14-6-4-5-7-16(14)21(12)17(22)11-24-18(23)15-10-19-20(3)13(15)2/h4-7,10,12H,8-9,11H2,1-3H3. The molecule has 2 heterocycles. The third-order valence-corrected chi connectivity index (χ3v) is 4.57. The molecule has 1 aromatic carbocycles. The molecule has 126 valence electrons. The number of amides is 1. The molecule has 0 spiro atoms. The maximum atomic E-state index is 12.6. The number of rotatable bonds is 3. The molecule has 0 saturated heterocycles. The third kappa shape index (κ3) is 2.91. The topological polar surface area (TPSA) is 64.4 Å². The summed E-state index contributed by atoms with van der Waals surface area (Å²) in [5.74, 6) is -0.726. The van der Waals surface area contributed by atoms with E-state index in [0.29, 0.717) is 11.3 Å². The summed E-state index contributed by atoms with van der Waals surface area (Å²) >= 11 is 0. The molecule has 1 aromatic heterocycles. The third-order valence-electron chi connectivity index (χ3n) is 4.57. The van der Waals surface area contributed by atoms with E-state index in [1.807, 2.05) is 31.2 Å². The van der Waals surface area contributed by atoms with Gasteiger partial charge in [-0.25, -0.2) is 4.79 Å². The van der Waals surface area contributed by atoms with Gasteiger partial charge in [-0.1, -0.05) is 18.2 Å². The maximum absolute atomic E-state index is 12.6. The van der Waals surface area contributed by atoms with Gasteiger partial charge in [-0.05, 0) is 38.3 Å². The average Bonchev–Trinajstić information content (AvgIpc) is 2.91. The van der Waals surface area contributed by atoms with Crippen molar-refractivity contribution in [2.45, 2.75) is 32.7 Å². The van der Waals surface area contributed by atoms with Gasteiger partial charge in [0, 0.05) is 24.5 Å². The zero-order valence-corrected chi connectivity index (χ0v) is 14.2. The van der Waals surface area contributed by atoms with Crippen LogP contribution in [0.25, 0.3) is 0 Å². The Labute approximate surface area is 141 Å². The van der Waals surface area contributed by atoms with Crippen LogP contribution in [0.4, 0.5) is 5.69 Å². The molecule has 1 aliphatic heterocycles. The Bertz CT molecular complexity index is 782. The molecule has 1 unspecified atom stereocenters. The lowest BCUT2D eigenvalue weighted by Gasteiger charge is -2.35. The molecule has 6 heteroatoms. The number of aromatic nitrogens is 2. The molecule has 2 aromatic rings. The molecule has 3 rings (SSSR count). The fourth-order valence-electron chi connectivity index (χ4n) is 3.04. The van der Waals surface area contributed by atoms with Gasteiger partial charge in [0.25, 0.3) is 5.91 Å². The van der Waals surface area contributed by atoms with Crippen molar-refractivity contribution in [2.24, 2.45) is 7.05 Å². The number of nitrogens with zero attached hydrogens (tertiary/aromatic N) is 3. The highest BCUT2D eigenvalue weighted by atomic mass is 16.5. The normalized spacial score (nSPS) is 16.6. The van der Waals surface area contributed by atoms with Crippen LogP contribution < -0.4 is 4.90 Å². The van der Waals surface area contributed by atoms with Crippen LogP contribution in [0.5, 0.6) is 0 Å². The fraction of sp³-hybridized carbons (Fsp3) is 0.389.